The minimum atomic E-state index is -0.283. The van der Waals surface area contributed by atoms with Crippen molar-refractivity contribution in [1.29, 1.82) is 0 Å². The minimum Gasteiger partial charge on any atom is -0.372 e. The van der Waals surface area contributed by atoms with E-state index in [2.05, 4.69) is 57.0 Å². The van der Waals surface area contributed by atoms with Gasteiger partial charge in [0.05, 0.1) is 13.2 Å². The van der Waals surface area contributed by atoms with Crippen molar-refractivity contribution in [2.75, 3.05) is 25.0 Å². The van der Waals surface area contributed by atoms with Gasteiger partial charge in [-0.25, -0.2) is 9.37 Å². The zero-order valence-corrected chi connectivity index (χ0v) is 21.6. The van der Waals surface area contributed by atoms with Crippen LogP contribution in [0.5, 0.6) is 0 Å². The van der Waals surface area contributed by atoms with E-state index in [4.69, 9.17) is 4.74 Å². The Hall–Kier alpha value is -2.72. The van der Waals surface area contributed by atoms with Crippen LogP contribution in [0.3, 0.4) is 0 Å². The van der Waals surface area contributed by atoms with Crippen molar-refractivity contribution >= 4 is 35.8 Å². The summed E-state index contributed by atoms with van der Waals surface area (Å²) in [6.07, 6.45) is 2.52. The molecule has 3 aromatic rings. The number of hydrogen-bond donors (Lipinski definition) is 2. The highest BCUT2D eigenvalue weighted by Crippen LogP contribution is 2.20. The van der Waals surface area contributed by atoms with Crippen LogP contribution in [0.1, 0.15) is 23.1 Å². The van der Waals surface area contributed by atoms with E-state index in [1.54, 1.807) is 19.3 Å². The molecule has 2 heterocycles. The molecule has 4 rings (SSSR count). The lowest BCUT2D eigenvalue weighted by molar-refractivity contribution is 0.107. The normalized spacial score (nSPS) is 15.6. The Balaban J connectivity index is 0.00000324. The van der Waals surface area contributed by atoms with E-state index in [1.165, 1.54) is 11.6 Å². The highest BCUT2D eigenvalue weighted by molar-refractivity contribution is 14.0. The Morgan fingerprint density at radius 1 is 1.03 bits per heavy atom. The lowest BCUT2D eigenvalue weighted by Gasteiger charge is -2.20. The zero-order valence-electron chi connectivity index (χ0n) is 19.3. The van der Waals surface area contributed by atoms with Crippen LogP contribution < -0.4 is 15.5 Å². The smallest absolute Gasteiger partial charge is 0.191 e. The number of aromatic nitrogens is 1. The summed E-state index contributed by atoms with van der Waals surface area (Å²) in [4.78, 5) is 10.5. The van der Waals surface area contributed by atoms with Crippen LogP contribution >= 0.6 is 24.0 Å². The van der Waals surface area contributed by atoms with Gasteiger partial charge in [-0.2, -0.15) is 0 Å². The molecule has 1 atom stereocenters. The highest BCUT2D eigenvalue weighted by atomic mass is 127. The topological polar surface area (TPSA) is 61.8 Å². The Labute approximate surface area is 217 Å². The predicted molar refractivity (Wildman–Crippen MR) is 145 cm³/mol. The van der Waals surface area contributed by atoms with Crippen LogP contribution in [-0.2, 0) is 24.5 Å². The maximum Gasteiger partial charge on any atom is 0.191 e. The zero-order chi connectivity index (χ0) is 22.9. The first kappa shape index (κ1) is 25.9. The van der Waals surface area contributed by atoms with Gasteiger partial charge in [-0.05, 0) is 35.2 Å². The lowest BCUT2D eigenvalue weighted by Crippen LogP contribution is -2.44. The fourth-order valence-corrected chi connectivity index (χ4v) is 3.87. The van der Waals surface area contributed by atoms with Gasteiger partial charge in [-0.15, -0.1) is 24.0 Å². The van der Waals surface area contributed by atoms with Gasteiger partial charge in [0.1, 0.15) is 0 Å². The van der Waals surface area contributed by atoms with E-state index in [9.17, 15) is 4.39 Å². The standard InChI is InChI=1S/C26H30FN5O.HI/c1-28-26(31-23-13-15-32(17-23)25-24(27)8-5-14-29-25)30-16-20-9-11-22(12-10-20)19-33-18-21-6-3-2-4-7-21;/h2-12,14,23H,13,15-19H2,1H3,(H2,28,30,31);1H. The second-order valence-electron chi connectivity index (χ2n) is 8.11. The fourth-order valence-electron chi connectivity index (χ4n) is 3.87. The summed E-state index contributed by atoms with van der Waals surface area (Å²) >= 11 is 0. The number of benzene rings is 2. The molecule has 0 saturated carbocycles. The third-order valence-electron chi connectivity index (χ3n) is 5.65. The van der Waals surface area contributed by atoms with E-state index < -0.39 is 0 Å². The Morgan fingerprint density at radius 3 is 2.44 bits per heavy atom. The number of nitrogens with one attached hydrogen (secondary N) is 2. The summed E-state index contributed by atoms with van der Waals surface area (Å²) < 4.78 is 19.8. The molecular weight excluding hydrogens is 544 g/mol. The molecular formula is C26H31FIN5O. The molecule has 1 aliphatic heterocycles. The van der Waals surface area contributed by atoms with Crippen LogP contribution in [0.4, 0.5) is 10.2 Å². The molecule has 1 fully saturated rings. The van der Waals surface area contributed by atoms with E-state index in [-0.39, 0.29) is 35.8 Å². The van der Waals surface area contributed by atoms with Gasteiger partial charge in [0, 0.05) is 38.9 Å². The molecule has 1 unspecified atom stereocenters. The Morgan fingerprint density at radius 2 is 1.74 bits per heavy atom. The first-order valence-corrected chi connectivity index (χ1v) is 11.2. The number of pyridine rings is 1. The van der Waals surface area contributed by atoms with Gasteiger partial charge in [0.25, 0.3) is 0 Å². The monoisotopic (exact) mass is 575 g/mol. The molecule has 1 aliphatic rings. The van der Waals surface area contributed by atoms with Crippen molar-refractivity contribution in [3.8, 4) is 0 Å². The third kappa shape index (κ3) is 7.39. The van der Waals surface area contributed by atoms with Gasteiger partial charge in [-0.3, -0.25) is 4.99 Å². The lowest BCUT2D eigenvalue weighted by atomic mass is 10.1. The summed E-state index contributed by atoms with van der Waals surface area (Å²) in [6, 6.07) is 21.8. The second-order valence-corrected chi connectivity index (χ2v) is 8.11. The quantitative estimate of drug-likeness (QED) is 0.236. The summed E-state index contributed by atoms with van der Waals surface area (Å²) in [5, 5.41) is 6.80. The molecule has 0 bridgehead atoms. The van der Waals surface area contributed by atoms with Crippen LogP contribution in [0, 0.1) is 5.82 Å². The van der Waals surface area contributed by atoms with Crippen molar-refractivity contribution in [3.05, 3.63) is 95.4 Å². The maximum absolute atomic E-state index is 14.0. The summed E-state index contributed by atoms with van der Waals surface area (Å²) in [5.74, 6) is 0.866. The highest BCUT2D eigenvalue weighted by Gasteiger charge is 2.25. The van der Waals surface area contributed by atoms with E-state index in [0.717, 1.165) is 30.1 Å². The van der Waals surface area contributed by atoms with Gasteiger partial charge in [-0.1, -0.05) is 54.6 Å². The van der Waals surface area contributed by atoms with Crippen LogP contribution in [-0.4, -0.2) is 37.1 Å². The minimum absolute atomic E-state index is 0. The molecule has 8 heteroatoms. The van der Waals surface area contributed by atoms with Crippen molar-refractivity contribution in [1.82, 2.24) is 15.6 Å². The van der Waals surface area contributed by atoms with Gasteiger partial charge in [0.15, 0.2) is 17.6 Å². The fraction of sp³-hybridized carbons (Fsp3) is 0.308. The molecule has 180 valence electrons. The predicted octanol–water partition coefficient (Wildman–Crippen LogP) is 4.50. The Kier molecular flexibility index (Phi) is 10.1. The van der Waals surface area contributed by atoms with E-state index in [0.29, 0.717) is 32.1 Å². The van der Waals surface area contributed by atoms with Crippen molar-refractivity contribution in [3.63, 3.8) is 0 Å². The number of anilines is 1. The second kappa shape index (κ2) is 13.2. The first-order valence-electron chi connectivity index (χ1n) is 11.2. The first-order chi connectivity index (χ1) is 16.2. The number of ether oxygens (including phenoxy) is 1. The van der Waals surface area contributed by atoms with Crippen LogP contribution in [0.25, 0.3) is 0 Å². The van der Waals surface area contributed by atoms with E-state index in [1.807, 2.05) is 23.1 Å². The summed E-state index contributed by atoms with van der Waals surface area (Å²) in [5.41, 5.74) is 3.48. The van der Waals surface area contributed by atoms with Crippen molar-refractivity contribution < 1.29 is 9.13 Å². The number of guanidine groups is 1. The maximum atomic E-state index is 14.0. The Bertz CT molecular complexity index is 1050. The van der Waals surface area contributed by atoms with Crippen LogP contribution in [0.15, 0.2) is 77.9 Å². The molecule has 0 amide bonds. The molecule has 1 saturated heterocycles. The van der Waals surface area contributed by atoms with E-state index >= 15 is 0 Å². The van der Waals surface area contributed by atoms with Crippen molar-refractivity contribution in [2.45, 2.75) is 32.2 Å². The molecule has 0 aliphatic carbocycles. The largest absolute Gasteiger partial charge is 0.372 e. The molecule has 6 nitrogen and oxygen atoms in total. The number of rotatable bonds is 8. The third-order valence-corrected chi connectivity index (χ3v) is 5.65. The van der Waals surface area contributed by atoms with Crippen LogP contribution in [0.2, 0.25) is 0 Å². The number of halogens is 2. The number of hydrogen-bond acceptors (Lipinski definition) is 4. The van der Waals surface area contributed by atoms with Gasteiger partial charge >= 0.3 is 0 Å². The number of aliphatic imine (C=N–C) groups is 1. The van der Waals surface area contributed by atoms with Crippen molar-refractivity contribution in [2.24, 2.45) is 4.99 Å². The van der Waals surface area contributed by atoms with Gasteiger partial charge in [0.2, 0.25) is 0 Å². The molecule has 34 heavy (non-hydrogen) atoms. The molecule has 0 radical (unpaired) electrons. The molecule has 1 aromatic heterocycles. The average Bonchev–Trinajstić information content (AvgIpc) is 3.32. The molecule has 2 aromatic carbocycles. The average molecular weight is 575 g/mol. The number of nitrogens with zero attached hydrogens (tertiary/aromatic N) is 3. The molecule has 2 N–H and O–H groups in total. The summed E-state index contributed by atoms with van der Waals surface area (Å²) in [6.45, 7) is 3.30. The SMILES string of the molecule is CN=C(NCc1ccc(COCc2ccccc2)cc1)NC1CCN(c2ncccc2F)C1.I. The molecule has 0 spiro atoms. The summed E-state index contributed by atoms with van der Waals surface area (Å²) in [7, 11) is 1.76. The van der Waals surface area contributed by atoms with Gasteiger partial charge < -0.3 is 20.3 Å².